The number of alkyl halides is 1. The summed E-state index contributed by atoms with van der Waals surface area (Å²) in [6, 6.07) is 0. The first kappa shape index (κ1) is 16.7. The van der Waals surface area contributed by atoms with Crippen molar-refractivity contribution in [1.29, 1.82) is 0 Å². The van der Waals surface area contributed by atoms with Gasteiger partial charge in [-0.1, -0.05) is 13.8 Å². The second-order valence-corrected chi connectivity index (χ2v) is 7.70. The molecule has 0 aromatic heterocycles. The van der Waals surface area contributed by atoms with Crippen molar-refractivity contribution in [2.75, 3.05) is 37.8 Å². The van der Waals surface area contributed by atoms with Crippen molar-refractivity contribution < 1.29 is 13.2 Å². The normalized spacial score (nSPS) is 18.0. The van der Waals surface area contributed by atoms with Crippen LogP contribution in [-0.4, -0.2) is 61.3 Å². The van der Waals surface area contributed by atoms with Gasteiger partial charge in [-0.3, -0.25) is 4.79 Å². The van der Waals surface area contributed by atoms with Gasteiger partial charge in [0.05, 0.1) is 5.75 Å². The van der Waals surface area contributed by atoms with Gasteiger partial charge in [0.2, 0.25) is 15.9 Å². The summed E-state index contributed by atoms with van der Waals surface area (Å²) >= 11 is 5.52. The molecule has 0 atom stereocenters. The van der Waals surface area contributed by atoms with E-state index in [1.807, 2.05) is 13.8 Å². The van der Waals surface area contributed by atoms with Gasteiger partial charge >= 0.3 is 0 Å². The number of piperazine rings is 1. The third-order valence-electron chi connectivity index (χ3n) is 3.10. The summed E-state index contributed by atoms with van der Waals surface area (Å²) in [7, 11) is -3.21. The van der Waals surface area contributed by atoms with Crippen molar-refractivity contribution in [3.8, 4) is 0 Å². The number of amides is 1. The second kappa shape index (κ2) is 7.45. The molecule has 1 fully saturated rings. The van der Waals surface area contributed by atoms with E-state index in [-0.39, 0.29) is 11.7 Å². The molecule has 7 heteroatoms. The molecule has 5 nitrogen and oxygen atoms in total. The van der Waals surface area contributed by atoms with Crippen LogP contribution >= 0.6 is 11.6 Å². The number of rotatable bonds is 6. The lowest BCUT2D eigenvalue weighted by atomic mass is 10.1. The van der Waals surface area contributed by atoms with E-state index >= 15 is 0 Å². The first-order valence-corrected chi connectivity index (χ1v) is 8.82. The number of carbonyl (C=O) groups excluding carboxylic acids is 1. The minimum atomic E-state index is -3.21. The molecule has 0 spiro atoms. The fraction of sp³-hybridized carbons (Fsp3) is 0.917. The number of hydrogen-bond acceptors (Lipinski definition) is 3. The SMILES string of the molecule is CC(C)CC(=O)N1CCN(S(=O)(=O)CCCCl)CC1. The zero-order valence-corrected chi connectivity index (χ0v) is 13.2. The molecule has 0 unspecified atom stereocenters. The van der Waals surface area contributed by atoms with E-state index in [1.165, 1.54) is 4.31 Å². The Hall–Kier alpha value is -0.330. The molecule has 0 aliphatic carbocycles. The highest BCUT2D eigenvalue weighted by atomic mass is 35.5. The predicted molar refractivity (Wildman–Crippen MR) is 76.7 cm³/mol. The van der Waals surface area contributed by atoms with E-state index in [9.17, 15) is 13.2 Å². The van der Waals surface area contributed by atoms with E-state index in [0.717, 1.165) is 0 Å². The predicted octanol–water partition coefficient (Wildman–Crippen LogP) is 1.14. The van der Waals surface area contributed by atoms with Crippen molar-refractivity contribution in [3.05, 3.63) is 0 Å². The first-order chi connectivity index (χ1) is 8.86. The minimum absolute atomic E-state index is 0.0937. The Morgan fingerprint density at radius 2 is 1.79 bits per heavy atom. The maximum Gasteiger partial charge on any atom is 0.222 e. The number of nitrogens with zero attached hydrogens (tertiary/aromatic N) is 2. The maximum absolute atomic E-state index is 12.0. The lowest BCUT2D eigenvalue weighted by Crippen LogP contribution is -2.51. The van der Waals surface area contributed by atoms with Gasteiger partial charge in [0.1, 0.15) is 0 Å². The Morgan fingerprint density at radius 1 is 1.21 bits per heavy atom. The molecule has 1 saturated heterocycles. The maximum atomic E-state index is 12.0. The monoisotopic (exact) mass is 310 g/mol. The van der Waals surface area contributed by atoms with Crippen molar-refractivity contribution in [3.63, 3.8) is 0 Å². The number of hydrogen-bond donors (Lipinski definition) is 0. The third-order valence-corrected chi connectivity index (χ3v) is 5.33. The summed E-state index contributed by atoms with van der Waals surface area (Å²) < 4.78 is 25.4. The van der Waals surface area contributed by atoms with Crippen molar-refractivity contribution in [2.24, 2.45) is 5.92 Å². The molecule has 1 rings (SSSR count). The van der Waals surface area contributed by atoms with Crippen LogP contribution in [0.3, 0.4) is 0 Å². The molecule has 19 heavy (non-hydrogen) atoms. The molecular formula is C12H23ClN2O3S. The van der Waals surface area contributed by atoms with Crippen LogP contribution < -0.4 is 0 Å². The quantitative estimate of drug-likeness (QED) is 0.691. The van der Waals surface area contributed by atoms with Gasteiger partial charge in [0, 0.05) is 38.5 Å². The highest BCUT2D eigenvalue weighted by Crippen LogP contribution is 2.12. The average molecular weight is 311 g/mol. The van der Waals surface area contributed by atoms with Gasteiger partial charge < -0.3 is 4.90 Å². The van der Waals surface area contributed by atoms with Gasteiger partial charge in [-0.25, -0.2) is 8.42 Å². The van der Waals surface area contributed by atoms with Crippen LogP contribution in [-0.2, 0) is 14.8 Å². The highest BCUT2D eigenvalue weighted by Gasteiger charge is 2.28. The molecule has 0 radical (unpaired) electrons. The molecule has 1 heterocycles. The average Bonchev–Trinajstić information content (AvgIpc) is 2.36. The van der Waals surface area contributed by atoms with Gasteiger partial charge in [-0.05, 0) is 12.3 Å². The Labute approximate surface area is 120 Å². The lowest BCUT2D eigenvalue weighted by molar-refractivity contribution is -0.133. The Bertz CT molecular complexity index is 390. The lowest BCUT2D eigenvalue weighted by Gasteiger charge is -2.34. The summed E-state index contributed by atoms with van der Waals surface area (Å²) in [5, 5.41) is 0. The Balaban J connectivity index is 2.46. The number of halogens is 1. The van der Waals surface area contributed by atoms with E-state index in [1.54, 1.807) is 4.90 Å². The van der Waals surface area contributed by atoms with Crippen LogP contribution in [0.4, 0.5) is 0 Å². The summed E-state index contributed by atoms with van der Waals surface area (Å²) in [6.07, 6.45) is 0.995. The van der Waals surface area contributed by atoms with E-state index in [2.05, 4.69) is 0 Å². The van der Waals surface area contributed by atoms with Crippen molar-refractivity contribution >= 4 is 27.5 Å². The zero-order chi connectivity index (χ0) is 14.5. The first-order valence-electron chi connectivity index (χ1n) is 6.68. The summed E-state index contributed by atoms with van der Waals surface area (Å²) in [5.74, 6) is 0.897. The summed E-state index contributed by atoms with van der Waals surface area (Å²) in [5.41, 5.74) is 0. The fourth-order valence-electron chi connectivity index (χ4n) is 2.06. The van der Waals surface area contributed by atoms with Crippen LogP contribution in [0.2, 0.25) is 0 Å². The van der Waals surface area contributed by atoms with Gasteiger partial charge in [-0.2, -0.15) is 4.31 Å². The second-order valence-electron chi connectivity index (χ2n) is 5.24. The fourth-order valence-corrected chi connectivity index (χ4v) is 3.84. The molecule has 112 valence electrons. The van der Waals surface area contributed by atoms with Gasteiger partial charge in [-0.15, -0.1) is 11.6 Å². The summed E-state index contributed by atoms with van der Waals surface area (Å²) in [4.78, 5) is 13.6. The molecule has 1 aliphatic heterocycles. The molecule has 1 aliphatic rings. The molecule has 0 bridgehead atoms. The van der Waals surface area contributed by atoms with Crippen molar-refractivity contribution in [2.45, 2.75) is 26.7 Å². The van der Waals surface area contributed by atoms with Gasteiger partial charge in [0.15, 0.2) is 0 Å². The molecule has 1 amide bonds. The Morgan fingerprint density at radius 3 is 2.26 bits per heavy atom. The number of sulfonamides is 1. The zero-order valence-electron chi connectivity index (χ0n) is 11.6. The largest absolute Gasteiger partial charge is 0.340 e. The van der Waals surface area contributed by atoms with Crippen LogP contribution in [0, 0.1) is 5.92 Å². The van der Waals surface area contributed by atoms with Gasteiger partial charge in [0.25, 0.3) is 0 Å². The highest BCUT2D eigenvalue weighted by molar-refractivity contribution is 7.89. The van der Waals surface area contributed by atoms with Crippen LogP contribution in [0.15, 0.2) is 0 Å². The topological polar surface area (TPSA) is 57.7 Å². The molecule has 0 N–H and O–H groups in total. The summed E-state index contributed by atoms with van der Waals surface area (Å²) in [6.45, 7) is 5.79. The molecule has 0 saturated carbocycles. The molecule has 0 aromatic rings. The van der Waals surface area contributed by atoms with E-state index in [0.29, 0.717) is 50.8 Å². The van der Waals surface area contributed by atoms with E-state index < -0.39 is 10.0 Å². The standard InChI is InChI=1S/C12H23ClN2O3S/c1-11(2)10-12(16)14-5-7-15(8-6-14)19(17,18)9-3-4-13/h11H,3-10H2,1-2H3. The number of carbonyl (C=O) groups is 1. The minimum Gasteiger partial charge on any atom is -0.340 e. The van der Waals surface area contributed by atoms with Crippen molar-refractivity contribution in [1.82, 2.24) is 9.21 Å². The smallest absolute Gasteiger partial charge is 0.222 e. The Kier molecular flexibility index (Phi) is 6.56. The van der Waals surface area contributed by atoms with E-state index in [4.69, 9.17) is 11.6 Å². The van der Waals surface area contributed by atoms with Crippen LogP contribution in [0.25, 0.3) is 0 Å². The van der Waals surface area contributed by atoms with Crippen LogP contribution in [0.5, 0.6) is 0 Å². The molecule has 0 aromatic carbocycles. The third kappa shape index (κ3) is 5.28. The van der Waals surface area contributed by atoms with Crippen LogP contribution in [0.1, 0.15) is 26.7 Å². The molecular weight excluding hydrogens is 288 g/mol.